The molecule has 2 aromatic heterocycles. The van der Waals surface area contributed by atoms with Crippen molar-refractivity contribution in [2.75, 3.05) is 6.54 Å². The third-order valence-electron chi connectivity index (χ3n) is 5.44. The number of aryl methyl sites for hydroxylation is 2. The summed E-state index contributed by atoms with van der Waals surface area (Å²) < 4.78 is 31.8. The van der Waals surface area contributed by atoms with Crippen molar-refractivity contribution in [1.82, 2.24) is 18.4 Å². The van der Waals surface area contributed by atoms with Crippen LogP contribution in [-0.2, 0) is 36.6 Å². The fourth-order valence-electron chi connectivity index (χ4n) is 3.81. The van der Waals surface area contributed by atoms with E-state index in [1.54, 1.807) is 4.57 Å². The summed E-state index contributed by atoms with van der Waals surface area (Å²) in [7, 11) is -1.83. The molecule has 0 saturated heterocycles. The molecule has 1 aliphatic heterocycles. The maximum Gasteiger partial charge on any atom is 0.256 e. The normalized spacial score (nSPS) is 15.2. The Bertz CT molecular complexity index is 1210. The second-order valence-corrected chi connectivity index (χ2v) is 8.72. The van der Waals surface area contributed by atoms with Crippen LogP contribution in [0.1, 0.15) is 23.9 Å². The predicted molar refractivity (Wildman–Crippen MR) is 103 cm³/mol. The molecule has 4 rings (SSSR count). The molecule has 142 valence electrons. The fourth-order valence-corrected chi connectivity index (χ4v) is 5.65. The van der Waals surface area contributed by atoms with Crippen LogP contribution in [0.5, 0.6) is 0 Å². The number of rotatable bonds is 3. The molecule has 0 amide bonds. The highest BCUT2D eigenvalue weighted by atomic mass is 32.2. The SMILES string of the molecule is CCn1cnc2c(c1=O)CCN(S(=O)(=O)c1c(C)n(C)c3ccccc13)C2. The summed E-state index contributed by atoms with van der Waals surface area (Å²) in [5, 5.41) is 0.720. The van der Waals surface area contributed by atoms with Gasteiger partial charge in [-0.05, 0) is 26.3 Å². The number of hydrogen-bond acceptors (Lipinski definition) is 4. The first-order chi connectivity index (χ1) is 12.9. The smallest absolute Gasteiger partial charge is 0.256 e. The minimum absolute atomic E-state index is 0.0686. The Balaban J connectivity index is 1.80. The van der Waals surface area contributed by atoms with E-state index in [0.29, 0.717) is 34.8 Å². The third kappa shape index (κ3) is 2.62. The van der Waals surface area contributed by atoms with Gasteiger partial charge in [0.1, 0.15) is 4.90 Å². The van der Waals surface area contributed by atoms with Crippen molar-refractivity contribution in [3.05, 3.63) is 57.9 Å². The van der Waals surface area contributed by atoms with Crippen molar-refractivity contribution in [2.24, 2.45) is 7.05 Å². The van der Waals surface area contributed by atoms with Crippen LogP contribution in [-0.4, -0.2) is 33.4 Å². The molecule has 0 N–H and O–H groups in total. The summed E-state index contributed by atoms with van der Waals surface area (Å²) in [5.41, 5.74) is 2.70. The first-order valence-corrected chi connectivity index (χ1v) is 10.4. The van der Waals surface area contributed by atoms with Crippen LogP contribution in [0.15, 0.2) is 40.3 Å². The highest BCUT2D eigenvalue weighted by Gasteiger charge is 2.34. The van der Waals surface area contributed by atoms with Crippen LogP contribution >= 0.6 is 0 Å². The maximum absolute atomic E-state index is 13.5. The fraction of sp³-hybridized carbons (Fsp3) is 0.368. The first kappa shape index (κ1) is 17.9. The average Bonchev–Trinajstić information content (AvgIpc) is 2.93. The molecule has 0 bridgehead atoms. The number of fused-ring (bicyclic) bond motifs is 2. The standard InChI is InChI=1S/C19H22N4O3S/c1-4-22-12-20-16-11-23(10-9-14(16)19(22)24)27(25,26)18-13(2)21(3)17-8-6-5-7-15(17)18/h5-8,12H,4,9-11H2,1-3H3. The molecule has 0 saturated carbocycles. The highest BCUT2D eigenvalue weighted by molar-refractivity contribution is 7.89. The maximum atomic E-state index is 13.5. The highest BCUT2D eigenvalue weighted by Crippen LogP contribution is 2.32. The van der Waals surface area contributed by atoms with Crippen LogP contribution in [0, 0.1) is 6.92 Å². The Labute approximate surface area is 157 Å². The van der Waals surface area contributed by atoms with Gasteiger partial charge >= 0.3 is 0 Å². The largest absolute Gasteiger partial charge is 0.347 e. The van der Waals surface area contributed by atoms with Gasteiger partial charge in [0, 0.05) is 42.3 Å². The summed E-state index contributed by atoms with van der Waals surface area (Å²) in [6, 6.07) is 7.51. The molecular weight excluding hydrogens is 364 g/mol. The number of aromatic nitrogens is 3. The average molecular weight is 386 g/mol. The van der Waals surface area contributed by atoms with E-state index in [4.69, 9.17) is 0 Å². The number of para-hydroxylation sites is 1. The van der Waals surface area contributed by atoms with E-state index in [2.05, 4.69) is 4.98 Å². The predicted octanol–water partition coefficient (Wildman–Crippen LogP) is 1.81. The van der Waals surface area contributed by atoms with Gasteiger partial charge in [0.05, 0.1) is 18.6 Å². The van der Waals surface area contributed by atoms with Gasteiger partial charge in [-0.3, -0.25) is 9.36 Å². The topological polar surface area (TPSA) is 77.2 Å². The van der Waals surface area contributed by atoms with Gasteiger partial charge in [-0.15, -0.1) is 0 Å². The minimum Gasteiger partial charge on any atom is -0.347 e. The molecule has 0 unspecified atom stereocenters. The molecule has 1 aliphatic rings. The van der Waals surface area contributed by atoms with E-state index in [-0.39, 0.29) is 18.6 Å². The summed E-state index contributed by atoms with van der Waals surface area (Å²) >= 11 is 0. The Morgan fingerprint density at radius 2 is 1.96 bits per heavy atom. The van der Waals surface area contributed by atoms with Crippen molar-refractivity contribution < 1.29 is 8.42 Å². The Morgan fingerprint density at radius 1 is 1.22 bits per heavy atom. The summed E-state index contributed by atoms with van der Waals surface area (Å²) in [5.74, 6) is 0. The molecule has 27 heavy (non-hydrogen) atoms. The van der Waals surface area contributed by atoms with E-state index in [9.17, 15) is 13.2 Å². The Kier molecular flexibility index (Phi) is 4.20. The van der Waals surface area contributed by atoms with Crippen LogP contribution in [0.4, 0.5) is 0 Å². The van der Waals surface area contributed by atoms with E-state index in [1.807, 2.05) is 49.7 Å². The molecule has 0 spiro atoms. The van der Waals surface area contributed by atoms with E-state index >= 15 is 0 Å². The number of sulfonamides is 1. The van der Waals surface area contributed by atoms with E-state index < -0.39 is 10.0 Å². The second kappa shape index (κ2) is 6.31. The number of hydrogen-bond donors (Lipinski definition) is 0. The minimum atomic E-state index is -3.71. The molecular formula is C19H22N4O3S. The lowest BCUT2D eigenvalue weighted by atomic mass is 10.1. The molecule has 0 aliphatic carbocycles. The lowest BCUT2D eigenvalue weighted by molar-refractivity contribution is 0.381. The molecule has 0 atom stereocenters. The zero-order valence-electron chi connectivity index (χ0n) is 15.6. The van der Waals surface area contributed by atoms with E-state index in [0.717, 1.165) is 10.9 Å². The van der Waals surface area contributed by atoms with Crippen LogP contribution in [0.25, 0.3) is 10.9 Å². The number of nitrogens with zero attached hydrogens (tertiary/aromatic N) is 4. The summed E-state index contributed by atoms with van der Waals surface area (Å²) in [6.45, 7) is 4.67. The number of benzene rings is 1. The zero-order valence-corrected chi connectivity index (χ0v) is 16.5. The van der Waals surface area contributed by atoms with Gasteiger partial charge in [0.2, 0.25) is 10.0 Å². The molecule has 3 aromatic rings. The lowest BCUT2D eigenvalue weighted by Crippen LogP contribution is -2.40. The van der Waals surface area contributed by atoms with Crippen molar-refractivity contribution in [3.63, 3.8) is 0 Å². The van der Waals surface area contributed by atoms with Crippen molar-refractivity contribution in [3.8, 4) is 0 Å². The van der Waals surface area contributed by atoms with Gasteiger partial charge < -0.3 is 4.57 Å². The molecule has 0 fully saturated rings. The molecule has 7 nitrogen and oxygen atoms in total. The second-order valence-electron chi connectivity index (χ2n) is 6.84. The van der Waals surface area contributed by atoms with Crippen LogP contribution < -0.4 is 5.56 Å². The zero-order chi connectivity index (χ0) is 19.3. The molecule has 1 aromatic carbocycles. The van der Waals surface area contributed by atoms with Crippen LogP contribution in [0.3, 0.4) is 0 Å². The molecule has 3 heterocycles. The van der Waals surface area contributed by atoms with Crippen molar-refractivity contribution >= 4 is 20.9 Å². The van der Waals surface area contributed by atoms with Gasteiger partial charge in [-0.1, -0.05) is 18.2 Å². The Morgan fingerprint density at radius 3 is 2.70 bits per heavy atom. The third-order valence-corrected chi connectivity index (χ3v) is 7.46. The van der Waals surface area contributed by atoms with Gasteiger partial charge in [0.25, 0.3) is 5.56 Å². The Hall–Kier alpha value is -2.45. The summed E-state index contributed by atoms with van der Waals surface area (Å²) in [4.78, 5) is 17.1. The van der Waals surface area contributed by atoms with Crippen molar-refractivity contribution in [2.45, 2.75) is 38.3 Å². The first-order valence-electron chi connectivity index (χ1n) is 8.97. The van der Waals surface area contributed by atoms with Gasteiger partial charge in [-0.2, -0.15) is 4.31 Å². The van der Waals surface area contributed by atoms with Gasteiger partial charge in [0.15, 0.2) is 0 Å². The van der Waals surface area contributed by atoms with E-state index in [1.165, 1.54) is 10.6 Å². The lowest BCUT2D eigenvalue weighted by Gasteiger charge is -2.27. The van der Waals surface area contributed by atoms with Crippen molar-refractivity contribution in [1.29, 1.82) is 0 Å². The monoisotopic (exact) mass is 386 g/mol. The molecule has 8 heteroatoms. The summed E-state index contributed by atoms with van der Waals surface area (Å²) in [6.07, 6.45) is 1.88. The quantitative estimate of drug-likeness (QED) is 0.688. The van der Waals surface area contributed by atoms with Crippen LogP contribution in [0.2, 0.25) is 0 Å². The molecule has 0 radical (unpaired) electrons. The van der Waals surface area contributed by atoms with Gasteiger partial charge in [-0.25, -0.2) is 13.4 Å².